The SMILES string of the molecule is COc1ccc(-n2nc(C)c3c2NC(=O)C(C)SC3c2ccc(F)cc2)cc1. The number of nitrogens with one attached hydrogen (secondary N) is 1. The van der Waals surface area contributed by atoms with Gasteiger partial charge in [-0.2, -0.15) is 5.10 Å². The molecule has 0 aliphatic carbocycles. The Hall–Kier alpha value is -2.80. The highest BCUT2D eigenvalue weighted by atomic mass is 32.2. The summed E-state index contributed by atoms with van der Waals surface area (Å²) < 4.78 is 20.4. The molecular weight excluding hydrogens is 377 g/mol. The Morgan fingerprint density at radius 2 is 1.82 bits per heavy atom. The second kappa shape index (κ2) is 7.31. The molecule has 1 aromatic heterocycles. The third-order valence-electron chi connectivity index (χ3n) is 4.81. The highest BCUT2D eigenvalue weighted by Crippen LogP contribution is 2.46. The molecule has 0 saturated carbocycles. The van der Waals surface area contributed by atoms with Crippen LogP contribution >= 0.6 is 11.8 Å². The fourth-order valence-electron chi connectivity index (χ4n) is 3.32. The molecule has 5 nitrogen and oxygen atoms in total. The first-order valence-corrected chi connectivity index (χ1v) is 9.88. The zero-order valence-electron chi connectivity index (χ0n) is 15.8. The molecule has 4 rings (SSSR count). The van der Waals surface area contributed by atoms with Gasteiger partial charge in [0.25, 0.3) is 0 Å². The van der Waals surface area contributed by atoms with Gasteiger partial charge in [0, 0.05) is 5.56 Å². The number of benzene rings is 2. The molecule has 2 atom stereocenters. The zero-order valence-corrected chi connectivity index (χ0v) is 16.6. The van der Waals surface area contributed by atoms with Crippen LogP contribution in [0.1, 0.15) is 29.0 Å². The van der Waals surface area contributed by atoms with E-state index in [1.54, 1.807) is 23.9 Å². The van der Waals surface area contributed by atoms with E-state index in [4.69, 9.17) is 4.74 Å². The Morgan fingerprint density at radius 3 is 2.46 bits per heavy atom. The normalized spacial score (nSPS) is 18.9. The molecule has 0 saturated heterocycles. The molecule has 0 radical (unpaired) electrons. The standard InChI is InChI=1S/C21H20FN3O2S/c1-12-18-19(14-4-6-15(22)7-5-14)28-13(2)21(26)23-20(18)25(24-12)16-8-10-17(27-3)11-9-16/h4-11,13,19H,1-3H3,(H,23,26). The van der Waals surface area contributed by atoms with Crippen LogP contribution in [0, 0.1) is 12.7 Å². The lowest BCUT2D eigenvalue weighted by Crippen LogP contribution is -2.22. The van der Waals surface area contributed by atoms with E-state index in [9.17, 15) is 9.18 Å². The van der Waals surface area contributed by atoms with E-state index in [1.165, 1.54) is 23.9 Å². The Labute approximate surface area is 166 Å². The molecule has 2 heterocycles. The summed E-state index contributed by atoms with van der Waals surface area (Å²) in [5.41, 5.74) is 3.52. The number of nitrogens with zero attached hydrogens (tertiary/aromatic N) is 2. The van der Waals surface area contributed by atoms with E-state index < -0.39 is 0 Å². The van der Waals surface area contributed by atoms with Gasteiger partial charge in [0.05, 0.1) is 29.0 Å². The first-order valence-electron chi connectivity index (χ1n) is 8.93. The van der Waals surface area contributed by atoms with Crippen molar-refractivity contribution in [2.24, 2.45) is 0 Å². The van der Waals surface area contributed by atoms with Gasteiger partial charge >= 0.3 is 0 Å². The van der Waals surface area contributed by atoms with Gasteiger partial charge in [-0.05, 0) is 55.8 Å². The lowest BCUT2D eigenvalue weighted by Gasteiger charge is -2.17. The Kier molecular flexibility index (Phi) is 4.85. The van der Waals surface area contributed by atoms with Crippen molar-refractivity contribution in [3.05, 3.63) is 71.2 Å². The first-order chi connectivity index (χ1) is 13.5. The highest BCUT2D eigenvalue weighted by molar-refractivity contribution is 8.01. The van der Waals surface area contributed by atoms with Gasteiger partial charge in [0.2, 0.25) is 5.91 Å². The smallest absolute Gasteiger partial charge is 0.238 e. The minimum Gasteiger partial charge on any atom is -0.497 e. The van der Waals surface area contributed by atoms with E-state index in [2.05, 4.69) is 10.4 Å². The lowest BCUT2D eigenvalue weighted by atomic mass is 10.0. The fourth-order valence-corrected chi connectivity index (χ4v) is 4.64. The van der Waals surface area contributed by atoms with E-state index in [-0.39, 0.29) is 22.2 Å². The number of hydrogen-bond donors (Lipinski definition) is 1. The van der Waals surface area contributed by atoms with Crippen molar-refractivity contribution in [2.75, 3.05) is 12.4 Å². The van der Waals surface area contributed by atoms with Crippen LogP contribution in [0.2, 0.25) is 0 Å². The molecule has 0 fully saturated rings. The molecule has 0 bridgehead atoms. The number of ether oxygens (including phenoxy) is 1. The van der Waals surface area contributed by atoms with Crippen molar-refractivity contribution in [1.29, 1.82) is 0 Å². The zero-order chi connectivity index (χ0) is 19.8. The summed E-state index contributed by atoms with van der Waals surface area (Å²) in [4.78, 5) is 12.6. The second-order valence-corrected chi connectivity index (χ2v) is 8.11. The number of carbonyl (C=O) groups excluding carboxylic acids is 1. The lowest BCUT2D eigenvalue weighted by molar-refractivity contribution is -0.115. The molecular formula is C21H20FN3O2S. The molecule has 0 spiro atoms. The fraction of sp³-hybridized carbons (Fsp3) is 0.238. The molecule has 1 aliphatic rings. The number of fused-ring (bicyclic) bond motifs is 1. The molecule has 3 aromatic rings. The van der Waals surface area contributed by atoms with Crippen LogP contribution in [0.3, 0.4) is 0 Å². The van der Waals surface area contributed by atoms with Crippen LogP contribution in [0.5, 0.6) is 5.75 Å². The number of thioether (sulfide) groups is 1. The number of carbonyl (C=O) groups is 1. The van der Waals surface area contributed by atoms with Crippen LogP contribution in [0.25, 0.3) is 5.69 Å². The number of anilines is 1. The van der Waals surface area contributed by atoms with Gasteiger partial charge in [-0.3, -0.25) is 4.79 Å². The summed E-state index contributed by atoms with van der Waals surface area (Å²) >= 11 is 1.54. The van der Waals surface area contributed by atoms with Gasteiger partial charge in [-0.15, -0.1) is 11.8 Å². The van der Waals surface area contributed by atoms with Crippen LogP contribution in [-0.4, -0.2) is 28.0 Å². The van der Waals surface area contributed by atoms with Crippen LogP contribution in [0.4, 0.5) is 10.2 Å². The van der Waals surface area contributed by atoms with Crippen molar-refractivity contribution in [2.45, 2.75) is 24.3 Å². The molecule has 1 N–H and O–H groups in total. The highest BCUT2D eigenvalue weighted by Gasteiger charge is 2.34. The first kappa shape index (κ1) is 18.6. The number of amides is 1. The topological polar surface area (TPSA) is 56.1 Å². The van der Waals surface area contributed by atoms with Crippen LogP contribution < -0.4 is 10.1 Å². The van der Waals surface area contributed by atoms with Crippen LogP contribution in [0.15, 0.2) is 48.5 Å². The average Bonchev–Trinajstić information content (AvgIpc) is 2.95. The van der Waals surface area contributed by atoms with Crippen molar-refractivity contribution in [3.8, 4) is 11.4 Å². The van der Waals surface area contributed by atoms with E-state index in [1.807, 2.05) is 38.1 Å². The molecule has 2 unspecified atom stereocenters. The third kappa shape index (κ3) is 3.26. The second-order valence-electron chi connectivity index (χ2n) is 6.66. The van der Waals surface area contributed by atoms with E-state index in [0.29, 0.717) is 5.82 Å². The van der Waals surface area contributed by atoms with Gasteiger partial charge in [0.15, 0.2) is 0 Å². The maximum absolute atomic E-state index is 13.4. The van der Waals surface area contributed by atoms with Gasteiger partial charge in [-0.1, -0.05) is 12.1 Å². The predicted octanol–water partition coefficient (Wildman–Crippen LogP) is 4.49. The van der Waals surface area contributed by atoms with Crippen molar-refractivity contribution in [1.82, 2.24) is 9.78 Å². The number of methoxy groups -OCH3 is 1. The van der Waals surface area contributed by atoms with E-state index in [0.717, 1.165) is 28.3 Å². The molecule has 28 heavy (non-hydrogen) atoms. The summed E-state index contributed by atoms with van der Waals surface area (Å²) in [6.07, 6.45) is 0. The molecule has 2 aromatic carbocycles. The third-order valence-corrected chi connectivity index (χ3v) is 6.21. The Bertz CT molecular complexity index is 1020. The largest absolute Gasteiger partial charge is 0.497 e. The Balaban J connectivity index is 1.87. The summed E-state index contributed by atoms with van der Waals surface area (Å²) in [6.45, 7) is 3.81. The maximum Gasteiger partial charge on any atom is 0.238 e. The monoisotopic (exact) mass is 397 g/mol. The van der Waals surface area contributed by atoms with E-state index >= 15 is 0 Å². The Morgan fingerprint density at radius 1 is 1.14 bits per heavy atom. The number of aromatic nitrogens is 2. The molecule has 144 valence electrons. The van der Waals surface area contributed by atoms with Crippen molar-refractivity contribution < 1.29 is 13.9 Å². The summed E-state index contributed by atoms with van der Waals surface area (Å²) in [5.74, 6) is 1.04. The summed E-state index contributed by atoms with van der Waals surface area (Å²) in [6, 6.07) is 13.9. The average molecular weight is 397 g/mol. The van der Waals surface area contributed by atoms with Gasteiger partial charge < -0.3 is 10.1 Å². The maximum atomic E-state index is 13.4. The summed E-state index contributed by atoms with van der Waals surface area (Å²) in [5, 5.41) is 7.33. The number of hydrogen-bond acceptors (Lipinski definition) is 4. The number of halogens is 1. The van der Waals surface area contributed by atoms with Crippen molar-refractivity contribution >= 4 is 23.5 Å². The molecule has 7 heteroatoms. The molecule has 1 aliphatic heterocycles. The van der Waals surface area contributed by atoms with Crippen molar-refractivity contribution in [3.63, 3.8) is 0 Å². The van der Waals surface area contributed by atoms with Gasteiger partial charge in [0.1, 0.15) is 17.4 Å². The van der Waals surface area contributed by atoms with Gasteiger partial charge in [-0.25, -0.2) is 9.07 Å². The number of rotatable bonds is 3. The van der Waals surface area contributed by atoms with Crippen LogP contribution in [-0.2, 0) is 4.79 Å². The molecule has 1 amide bonds. The summed E-state index contributed by atoms with van der Waals surface area (Å²) in [7, 11) is 1.62. The quantitative estimate of drug-likeness (QED) is 0.707. The minimum absolute atomic E-state index is 0.0782. The minimum atomic E-state index is -0.282. The predicted molar refractivity (Wildman–Crippen MR) is 109 cm³/mol. The number of aryl methyl sites for hydroxylation is 1.